The van der Waals surface area contributed by atoms with Gasteiger partial charge in [-0.1, -0.05) is 58.5 Å². The first-order valence-corrected chi connectivity index (χ1v) is 14.2. The second kappa shape index (κ2) is 15.9. The van der Waals surface area contributed by atoms with Crippen LogP contribution in [0.25, 0.3) is 0 Å². The van der Waals surface area contributed by atoms with Crippen LogP contribution in [0.4, 0.5) is 10.5 Å². The summed E-state index contributed by atoms with van der Waals surface area (Å²) < 4.78 is 11.2. The van der Waals surface area contributed by atoms with Gasteiger partial charge in [0.05, 0.1) is 17.3 Å². The highest BCUT2D eigenvalue weighted by molar-refractivity contribution is 6.36. The van der Waals surface area contributed by atoms with Gasteiger partial charge in [0.2, 0.25) is 0 Å². The second-order valence-corrected chi connectivity index (χ2v) is 10.6. The monoisotopic (exact) mass is 626 g/mol. The SMILES string of the molecule is CCOC(Cc1ccc(OCCN(CCCc2cc(Cl)cc(Cl)c2)C(=O)Nc2ccc(Cl)cc2Cl)cc1)C(=O)O. The molecule has 0 aromatic heterocycles. The van der Waals surface area contributed by atoms with Gasteiger partial charge in [0.1, 0.15) is 12.4 Å². The normalized spacial score (nSPS) is 11.6. The third kappa shape index (κ3) is 10.4. The summed E-state index contributed by atoms with van der Waals surface area (Å²) >= 11 is 24.5. The van der Waals surface area contributed by atoms with Crippen molar-refractivity contribution in [2.45, 2.75) is 32.3 Å². The number of nitrogens with one attached hydrogen (secondary N) is 1. The van der Waals surface area contributed by atoms with Crippen molar-refractivity contribution in [3.63, 3.8) is 0 Å². The molecule has 3 aromatic rings. The number of halogens is 4. The Labute approximate surface area is 253 Å². The highest BCUT2D eigenvalue weighted by atomic mass is 35.5. The Hall–Kier alpha value is -2.68. The number of carboxylic acids is 1. The molecule has 0 bridgehead atoms. The lowest BCUT2D eigenvalue weighted by molar-refractivity contribution is -0.149. The molecule has 3 aromatic carbocycles. The lowest BCUT2D eigenvalue weighted by atomic mass is 10.1. The van der Waals surface area contributed by atoms with Crippen molar-refractivity contribution >= 4 is 64.1 Å². The van der Waals surface area contributed by atoms with E-state index in [-0.39, 0.29) is 19.1 Å². The number of rotatable bonds is 14. The zero-order valence-corrected chi connectivity index (χ0v) is 24.9. The van der Waals surface area contributed by atoms with Crippen LogP contribution in [0.2, 0.25) is 20.1 Å². The molecule has 214 valence electrons. The van der Waals surface area contributed by atoms with Gasteiger partial charge in [0.25, 0.3) is 0 Å². The van der Waals surface area contributed by atoms with E-state index in [4.69, 9.17) is 55.9 Å². The number of hydrogen-bond donors (Lipinski definition) is 2. The third-order valence-corrected chi connectivity index (χ3v) is 6.88. The molecule has 0 fully saturated rings. The minimum absolute atomic E-state index is 0.237. The van der Waals surface area contributed by atoms with Gasteiger partial charge in [0.15, 0.2) is 6.10 Å². The zero-order valence-electron chi connectivity index (χ0n) is 21.8. The van der Waals surface area contributed by atoms with E-state index >= 15 is 0 Å². The Morgan fingerprint density at radius 3 is 2.23 bits per heavy atom. The Morgan fingerprint density at radius 1 is 0.900 bits per heavy atom. The fourth-order valence-corrected chi connectivity index (χ4v) is 4.98. The van der Waals surface area contributed by atoms with Crippen LogP contribution in [0.3, 0.4) is 0 Å². The van der Waals surface area contributed by atoms with Crippen molar-refractivity contribution in [2.24, 2.45) is 0 Å². The molecule has 1 atom stereocenters. The average molecular weight is 628 g/mol. The standard InChI is InChI=1S/C29H30Cl4N2O5/c1-2-39-27(28(36)37)16-19-5-8-24(9-6-19)40-13-12-35(11-3-4-20-14-22(31)17-23(32)15-20)29(38)34-26-10-7-21(30)18-25(26)33/h5-10,14-15,17-18,27H,2-4,11-13,16H2,1H3,(H,34,38)(H,36,37). The molecule has 3 rings (SSSR count). The topological polar surface area (TPSA) is 88.1 Å². The number of nitrogens with zero attached hydrogens (tertiary/aromatic N) is 1. The molecule has 0 radical (unpaired) electrons. The molecule has 7 nitrogen and oxygen atoms in total. The van der Waals surface area contributed by atoms with Crippen LogP contribution in [0.15, 0.2) is 60.7 Å². The Kier molecular flexibility index (Phi) is 12.7. The van der Waals surface area contributed by atoms with E-state index in [1.54, 1.807) is 60.4 Å². The molecule has 40 heavy (non-hydrogen) atoms. The molecule has 2 amide bonds. The summed E-state index contributed by atoms with van der Waals surface area (Å²) in [6.07, 6.45) is 0.689. The van der Waals surface area contributed by atoms with Crippen LogP contribution in [-0.4, -0.2) is 54.4 Å². The van der Waals surface area contributed by atoms with Gasteiger partial charge >= 0.3 is 12.0 Å². The van der Waals surface area contributed by atoms with Crippen LogP contribution < -0.4 is 10.1 Å². The van der Waals surface area contributed by atoms with E-state index < -0.39 is 12.1 Å². The maximum atomic E-state index is 13.2. The van der Waals surface area contributed by atoms with E-state index in [2.05, 4.69) is 5.32 Å². The van der Waals surface area contributed by atoms with Gasteiger partial charge < -0.3 is 24.8 Å². The number of ether oxygens (including phenoxy) is 2. The van der Waals surface area contributed by atoms with E-state index in [0.717, 1.165) is 11.1 Å². The predicted molar refractivity (Wildman–Crippen MR) is 161 cm³/mol. The Balaban J connectivity index is 1.61. The number of urea groups is 1. The van der Waals surface area contributed by atoms with E-state index in [1.807, 2.05) is 12.1 Å². The summed E-state index contributed by atoms with van der Waals surface area (Å²) in [6.45, 7) is 3.06. The Morgan fingerprint density at radius 2 is 1.60 bits per heavy atom. The second-order valence-electron chi connectivity index (χ2n) is 8.90. The largest absolute Gasteiger partial charge is 0.492 e. The van der Waals surface area contributed by atoms with Gasteiger partial charge in [-0.15, -0.1) is 0 Å². The minimum Gasteiger partial charge on any atom is -0.492 e. The summed E-state index contributed by atoms with van der Waals surface area (Å²) in [7, 11) is 0. The first-order valence-electron chi connectivity index (χ1n) is 12.7. The predicted octanol–water partition coefficient (Wildman–Crippen LogP) is 7.88. The van der Waals surface area contributed by atoms with E-state index in [1.165, 1.54) is 0 Å². The number of amides is 2. The highest BCUT2D eigenvalue weighted by Gasteiger charge is 2.18. The van der Waals surface area contributed by atoms with Gasteiger partial charge in [-0.25, -0.2) is 9.59 Å². The zero-order chi connectivity index (χ0) is 29.1. The lowest BCUT2D eigenvalue weighted by Crippen LogP contribution is -2.38. The number of benzene rings is 3. The van der Waals surface area contributed by atoms with Crippen molar-refractivity contribution < 1.29 is 24.2 Å². The molecule has 0 heterocycles. The number of aliphatic carboxylic acids is 1. The molecule has 0 aliphatic heterocycles. The van der Waals surface area contributed by atoms with Crippen molar-refractivity contribution in [2.75, 3.05) is 31.6 Å². The molecule has 1 unspecified atom stereocenters. The summed E-state index contributed by atoms with van der Waals surface area (Å²) in [5.41, 5.74) is 2.24. The number of aryl methyl sites for hydroxylation is 1. The smallest absolute Gasteiger partial charge is 0.333 e. The van der Waals surface area contributed by atoms with Crippen LogP contribution in [0.5, 0.6) is 5.75 Å². The Bertz CT molecular complexity index is 1270. The van der Waals surface area contributed by atoms with Crippen molar-refractivity contribution in [1.29, 1.82) is 0 Å². The van der Waals surface area contributed by atoms with Crippen LogP contribution in [0.1, 0.15) is 24.5 Å². The van der Waals surface area contributed by atoms with Crippen LogP contribution in [0, 0.1) is 0 Å². The lowest BCUT2D eigenvalue weighted by Gasteiger charge is -2.24. The quantitative estimate of drug-likeness (QED) is 0.190. The molecule has 2 N–H and O–H groups in total. The molecule has 11 heteroatoms. The maximum Gasteiger partial charge on any atom is 0.333 e. The van der Waals surface area contributed by atoms with E-state index in [0.29, 0.717) is 64.1 Å². The van der Waals surface area contributed by atoms with Gasteiger partial charge in [0, 0.05) is 34.6 Å². The number of carboxylic acid groups (broad SMARTS) is 1. The fourth-order valence-electron chi connectivity index (χ4n) is 3.96. The molecule has 0 aliphatic rings. The third-order valence-electron chi connectivity index (χ3n) is 5.89. The van der Waals surface area contributed by atoms with Gasteiger partial charge in [-0.2, -0.15) is 0 Å². The van der Waals surface area contributed by atoms with Crippen molar-refractivity contribution in [3.8, 4) is 5.75 Å². The summed E-state index contributed by atoms with van der Waals surface area (Å²) in [6, 6.07) is 17.0. The highest BCUT2D eigenvalue weighted by Crippen LogP contribution is 2.26. The summed E-state index contributed by atoms with van der Waals surface area (Å²) in [5.74, 6) is -0.402. The summed E-state index contributed by atoms with van der Waals surface area (Å²) in [4.78, 5) is 26.2. The van der Waals surface area contributed by atoms with Gasteiger partial charge in [-0.05, 0) is 79.4 Å². The number of hydrogen-bond acceptors (Lipinski definition) is 4. The molecule has 0 saturated carbocycles. The van der Waals surface area contributed by atoms with Crippen LogP contribution in [-0.2, 0) is 22.4 Å². The van der Waals surface area contributed by atoms with Crippen LogP contribution >= 0.6 is 46.4 Å². The van der Waals surface area contributed by atoms with E-state index in [9.17, 15) is 14.7 Å². The minimum atomic E-state index is -1.00. The summed E-state index contributed by atoms with van der Waals surface area (Å²) in [5, 5.41) is 14.1. The van der Waals surface area contributed by atoms with Crippen molar-refractivity contribution in [3.05, 3.63) is 91.9 Å². The molecular formula is C29H30Cl4N2O5. The molecule has 0 spiro atoms. The number of anilines is 1. The number of carbonyl (C=O) groups excluding carboxylic acids is 1. The fraction of sp³-hybridized carbons (Fsp3) is 0.310. The maximum absolute atomic E-state index is 13.2. The van der Waals surface area contributed by atoms with Crippen molar-refractivity contribution in [1.82, 2.24) is 4.90 Å². The first kappa shape index (κ1) is 31.8. The molecule has 0 saturated heterocycles. The average Bonchev–Trinajstić information content (AvgIpc) is 2.89. The van der Waals surface area contributed by atoms with Gasteiger partial charge in [-0.3, -0.25) is 0 Å². The molecular weight excluding hydrogens is 598 g/mol. The first-order chi connectivity index (χ1) is 19.1. The number of carbonyl (C=O) groups is 2. The molecule has 0 aliphatic carbocycles.